The van der Waals surface area contributed by atoms with Crippen molar-refractivity contribution in [3.8, 4) is 6.07 Å². The third-order valence-corrected chi connectivity index (χ3v) is 12.0. The van der Waals surface area contributed by atoms with Crippen LogP contribution in [0.1, 0.15) is 60.1 Å². The van der Waals surface area contributed by atoms with Crippen LogP contribution in [0.4, 0.5) is 9.18 Å². The van der Waals surface area contributed by atoms with Gasteiger partial charge in [-0.05, 0) is 44.9 Å². The second kappa shape index (κ2) is 8.82. The number of carbonyl (C=O) groups is 1. The Morgan fingerprint density at radius 1 is 1.28 bits per heavy atom. The summed E-state index contributed by atoms with van der Waals surface area (Å²) in [5, 5.41) is 10.7. The lowest BCUT2D eigenvalue weighted by molar-refractivity contribution is 0.0184. The van der Waals surface area contributed by atoms with Crippen molar-refractivity contribution >= 4 is 19.4 Å². The minimum Gasteiger partial charge on any atom is -0.444 e. The number of hydrogen-bond acceptors (Lipinski definition) is 4. The molecule has 7 heteroatoms. The van der Waals surface area contributed by atoms with Crippen molar-refractivity contribution < 1.29 is 13.9 Å². The van der Waals surface area contributed by atoms with Crippen LogP contribution in [0.3, 0.4) is 0 Å². The first kappa shape index (κ1) is 23.3. The molecule has 1 aliphatic heterocycles. The number of likely N-dealkylation sites (tertiary alicyclic amines) is 1. The molecule has 0 aliphatic carbocycles. The van der Waals surface area contributed by atoms with Gasteiger partial charge in [0.15, 0.2) is 0 Å². The molecule has 1 saturated heterocycles. The average Bonchev–Trinajstić information content (AvgIpc) is 2.69. The van der Waals surface area contributed by atoms with Gasteiger partial charge in [-0.15, -0.1) is 0 Å². The second-order valence-corrected chi connectivity index (χ2v) is 14.3. The Kier molecular flexibility index (Phi) is 7.10. The monoisotopic (exact) mass is 419 g/mol. The van der Waals surface area contributed by atoms with E-state index in [1.54, 1.807) is 11.1 Å². The molecule has 0 aromatic carbocycles. The largest absolute Gasteiger partial charge is 0.444 e. The molecule has 0 saturated carbocycles. The lowest BCUT2D eigenvalue weighted by Gasteiger charge is -2.37. The summed E-state index contributed by atoms with van der Waals surface area (Å²) in [6.45, 7) is 12.7. The molecule has 5 nitrogen and oxygen atoms in total. The number of nitrogens with zero attached hydrogens (tertiary/aromatic N) is 3. The van der Waals surface area contributed by atoms with Gasteiger partial charge in [-0.2, -0.15) is 5.26 Å². The van der Waals surface area contributed by atoms with Crippen LogP contribution in [-0.2, 0) is 10.2 Å². The van der Waals surface area contributed by atoms with E-state index in [1.807, 2.05) is 20.8 Å². The van der Waals surface area contributed by atoms with Gasteiger partial charge < -0.3 is 9.64 Å². The number of aromatic nitrogens is 1. The van der Waals surface area contributed by atoms with Crippen molar-refractivity contribution in [2.45, 2.75) is 83.5 Å². The fraction of sp³-hybridized carbons (Fsp3) is 0.682. The van der Waals surface area contributed by atoms with Crippen LogP contribution in [0.2, 0.25) is 18.1 Å². The van der Waals surface area contributed by atoms with Gasteiger partial charge in [0.2, 0.25) is 0 Å². The summed E-state index contributed by atoms with van der Waals surface area (Å²) in [5.74, 6) is -0.226. The van der Waals surface area contributed by atoms with Crippen molar-refractivity contribution in [3.63, 3.8) is 0 Å². The smallest absolute Gasteiger partial charge is 0.410 e. The number of ether oxygens (including phenoxy) is 1. The minimum atomic E-state index is -1.88. The first-order chi connectivity index (χ1) is 13.6. The molecule has 0 spiro atoms. The van der Waals surface area contributed by atoms with Crippen LogP contribution < -0.4 is 5.19 Å². The first-order valence-corrected chi connectivity index (χ1v) is 13.2. The van der Waals surface area contributed by atoms with Crippen LogP contribution in [0, 0.1) is 17.1 Å². The highest BCUT2D eigenvalue weighted by molar-refractivity contribution is 6.91. The van der Waals surface area contributed by atoms with E-state index in [0.29, 0.717) is 31.6 Å². The van der Waals surface area contributed by atoms with E-state index in [-0.39, 0.29) is 11.9 Å². The normalized spacial score (nSPS) is 17.0. The van der Waals surface area contributed by atoms with Crippen LogP contribution >= 0.6 is 0 Å². The van der Waals surface area contributed by atoms with E-state index in [0.717, 1.165) is 23.3 Å². The fourth-order valence-corrected chi connectivity index (χ4v) is 7.79. The van der Waals surface area contributed by atoms with Crippen LogP contribution in [0.5, 0.6) is 0 Å². The highest BCUT2D eigenvalue weighted by Gasteiger charge is 2.41. The quantitative estimate of drug-likeness (QED) is 0.647. The number of nitriles is 1. The van der Waals surface area contributed by atoms with Crippen molar-refractivity contribution in [3.05, 3.63) is 23.8 Å². The highest BCUT2D eigenvalue weighted by Crippen LogP contribution is 2.35. The maximum atomic E-state index is 15.2. The molecule has 2 heterocycles. The summed E-state index contributed by atoms with van der Waals surface area (Å²) in [5.41, 5.74) is -0.946. The summed E-state index contributed by atoms with van der Waals surface area (Å²) in [7, 11) is -1.88. The Labute approximate surface area is 175 Å². The topological polar surface area (TPSA) is 66.2 Å². The Morgan fingerprint density at radius 2 is 1.83 bits per heavy atom. The maximum Gasteiger partial charge on any atom is 0.410 e. The van der Waals surface area contributed by atoms with Gasteiger partial charge in [-0.1, -0.05) is 38.9 Å². The van der Waals surface area contributed by atoms with Gasteiger partial charge in [-0.25, -0.2) is 9.18 Å². The summed E-state index contributed by atoms with van der Waals surface area (Å²) in [6, 6.07) is 6.78. The lowest BCUT2D eigenvalue weighted by Crippen LogP contribution is -2.49. The van der Waals surface area contributed by atoms with Crippen molar-refractivity contribution in [2.24, 2.45) is 0 Å². The third-order valence-electron chi connectivity index (χ3n) is 6.43. The molecule has 1 aliphatic rings. The molecular weight excluding hydrogens is 385 g/mol. The fourth-order valence-electron chi connectivity index (χ4n) is 4.23. The molecule has 0 radical (unpaired) electrons. The third kappa shape index (κ3) is 4.80. The number of hydrogen-bond donors (Lipinski definition) is 0. The zero-order valence-electron chi connectivity index (χ0n) is 18.6. The molecule has 1 amide bonds. The van der Waals surface area contributed by atoms with Gasteiger partial charge in [0, 0.05) is 19.3 Å². The minimum absolute atomic E-state index is 0.226. The molecule has 0 unspecified atom stereocenters. The highest BCUT2D eigenvalue weighted by atomic mass is 28.3. The molecule has 1 aromatic rings. The summed E-state index contributed by atoms with van der Waals surface area (Å²) in [4.78, 5) is 18.5. The number of rotatable bonds is 5. The van der Waals surface area contributed by atoms with E-state index in [1.165, 1.54) is 6.07 Å². The standard InChI is InChI=1S/C22H34FN3O2Si/c1-7-29(8-2,9-3)18-15-25-19(14-17(18)23)22(16-24)10-12-26(13-11-22)20(27)28-21(4,5)6/h14-15H,7-13H2,1-6H3. The predicted octanol–water partition coefficient (Wildman–Crippen LogP) is 4.73. The molecule has 1 aromatic heterocycles. The molecule has 160 valence electrons. The average molecular weight is 420 g/mol. The van der Waals surface area contributed by atoms with Crippen LogP contribution in [0.15, 0.2) is 12.3 Å². The Balaban J connectivity index is 2.24. The second-order valence-electron chi connectivity index (χ2n) is 9.05. The summed E-state index contributed by atoms with van der Waals surface area (Å²) < 4.78 is 20.6. The molecule has 0 bridgehead atoms. The number of halogens is 1. The zero-order chi connectivity index (χ0) is 21.9. The molecular formula is C22H34FN3O2Si. The van der Waals surface area contributed by atoms with Gasteiger partial charge in [0.25, 0.3) is 0 Å². The van der Waals surface area contributed by atoms with Crippen LogP contribution in [-0.4, -0.2) is 42.7 Å². The van der Waals surface area contributed by atoms with Gasteiger partial charge in [0.1, 0.15) is 16.8 Å². The SMILES string of the molecule is CC[Si](CC)(CC)c1cnc(C2(C#N)CCN(C(=O)OC(C)(C)C)CC2)cc1F. The van der Waals surface area contributed by atoms with E-state index in [4.69, 9.17) is 4.74 Å². The van der Waals surface area contributed by atoms with Gasteiger partial charge in [-0.3, -0.25) is 4.98 Å². The summed E-state index contributed by atoms with van der Waals surface area (Å²) in [6.07, 6.45) is 2.16. The van der Waals surface area contributed by atoms with Gasteiger partial charge in [0.05, 0.1) is 19.8 Å². The first-order valence-electron chi connectivity index (χ1n) is 10.6. The van der Waals surface area contributed by atoms with E-state index < -0.39 is 19.1 Å². The predicted molar refractivity (Wildman–Crippen MR) is 115 cm³/mol. The Hall–Kier alpha value is -1.94. The Morgan fingerprint density at radius 3 is 2.24 bits per heavy atom. The zero-order valence-corrected chi connectivity index (χ0v) is 19.6. The number of pyridine rings is 1. The van der Waals surface area contributed by atoms with Gasteiger partial charge >= 0.3 is 6.09 Å². The number of piperidine rings is 1. The summed E-state index contributed by atoms with van der Waals surface area (Å²) >= 11 is 0. The molecule has 1 fully saturated rings. The molecule has 0 N–H and O–H groups in total. The van der Waals surface area contributed by atoms with Crippen molar-refractivity contribution in [1.29, 1.82) is 5.26 Å². The van der Waals surface area contributed by atoms with Crippen molar-refractivity contribution in [1.82, 2.24) is 9.88 Å². The van der Waals surface area contributed by atoms with Crippen LogP contribution in [0.25, 0.3) is 0 Å². The van der Waals surface area contributed by atoms with E-state index >= 15 is 4.39 Å². The number of amides is 1. The molecule has 2 rings (SSSR count). The van der Waals surface area contributed by atoms with Crippen molar-refractivity contribution in [2.75, 3.05) is 13.1 Å². The van der Waals surface area contributed by atoms with E-state index in [9.17, 15) is 10.1 Å². The Bertz CT molecular complexity index is 765. The lowest BCUT2D eigenvalue weighted by atomic mass is 9.76. The maximum absolute atomic E-state index is 15.2. The number of carbonyl (C=O) groups excluding carboxylic acids is 1. The molecule has 0 atom stereocenters. The molecule has 29 heavy (non-hydrogen) atoms. The van der Waals surface area contributed by atoms with E-state index in [2.05, 4.69) is 31.8 Å².